The molecule has 2 bridgehead atoms. The van der Waals surface area contributed by atoms with E-state index in [4.69, 9.17) is 13.9 Å². The van der Waals surface area contributed by atoms with Gasteiger partial charge in [0.05, 0.1) is 14.2 Å². The van der Waals surface area contributed by atoms with Gasteiger partial charge in [0.2, 0.25) is 17.5 Å². The van der Waals surface area contributed by atoms with E-state index >= 15 is 0 Å². The molecule has 5 rings (SSSR count). The number of benzene rings is 1. The smallest absolute Gasteiger partial charge is 0.250 e. The average molecular weight is 444 g/mol. The van der Waals surface area contributed by atoms with Gasteiger partial charge in [0.1, 0.15) is 6.07 Å². The SMILES string of the molecule is COc1ccc(C=Cc2nc(C#N)c(N3CC4CC(C3)c3cccc(=O)n3C4)o2)cc1OC. The number of hydrogen-bond acceptors (Lipinski definition) is 7. The molecule has 2 atom stereocenters. The van der Waals surface area contributed by atoms with Crippen molar-refractivity contribution in [3.05, 3.63) is 69.6 Å². The number of methoxy groups -OCH3 is 2. The number of rotatable bonds is 5. The lowest BCUT2D eigenvalue weighted by molar-refractivity contribution is 0.275. The van der Waals surface area contributed by atoms with Gasteiger partial charge in [-0.05, 0) is 42.2 Å². The molecule has 1 saturated heterocycles. The molecule has 1 aromatic carbocycles. The number of pyridine rings is 1. The molecular formula is C25H24N4O4. The third-order valence-corrected chi connectivity index (χ3v) is 6.32. The topological polar surface area (TPSA) is 93.5 Å². The zero-order valence-electron chi connectivity index (χ0n) is 18.5. The Hall–Kier alpha value is -3.99. The molecular weight excluding hydrogens is 420 g/mol. The summed E-state index contributed by atoms with van der Waals surface area (Å²) in [7, 11) is 3.18. The van der Waals surface area contributed by atoms with E-state index in [0.29, 0.717) is 42.3 Å². The molecule has 2 aliphatic rings. The molecule has 0 radical (unpaired) electrons. The molecule has 168 valence electrons. The molecule has 2 unspecified atom stereocenters. The normalized spacial score (nSPS) is 19.2. The number of aromatic nitrogens is 2. The van der Waals surface area contributed by atoms with Crippen molar-refractivity contribution in [3.8, 4) is 17.6 Å². The number of piperidine rings is 1. The van der Waals surface area contributed by atoms with Crippen molar-refractivity contribution in [1.29, 1.82) is 5.26 Å². The lowest BCUT2D eigenvalue weighted by atomic mass is 9.83. The zero-order chi connectivity index (χ0) is 22.9. The highest BCUT2D eigenvalue weighted by Gasteiger charge is 2.36. The van der Waals surface area contributed by atoms with E-state index < -0.39 is 0 Å². The Morgan fingerprint density at radius 2 is 1.97 bits per heavy atom. The minimum atomic E-state index is 0.0515. The van der Waals surface area contributed by atoms with Crippen molar-refractivity contribution in [2.45, 2.75) is 18.9 Å². The first-order chi connectivity index (χ1) is 16.1. The van der Waals surface area contributed by atoms with Crippen molar-refractivity contribution in [2.75, 3.05) is 32.2 Å². The van der Waals surface area contributed by atoms with E-state index in [1.54, 1.807) is 26.4 Å². The van der Waals surface area contributed by atoms with Gasteiger partial charge in [0.15, 0.2) is 11.5 Å². The van der Waals surface area contributed by atoms with E-state index in [2.05, 4.69) is 16.0 Å². The van der Waals surface area contributed by atoms with Crippen molar-refractivity contribution >= 4 is 18.0 Å². The summed E-state index contributed by atoms with van der Waals surface area (Å²) in [4.78, 5) is 18.7. The van der Waals surface area contributed by atoms with E-state index in [1.807, 2.05) is 41.0 Å². The third kappa shape index (κ3) is 3.87. The number of nitriles is 1. The number of ether oxygens (including phenoxy) is 2. The van der Waals surface area contributed by atoms with Crippen LogP contribution in [-0.4, -0.2) is 36.9 Å². The Kier molecular flexibility index (Phi) is 5.38. The van der Waals surface area contributed by atoms with Gasteiger partial charge < -0.3 is 23.4 Å². The number of nitrogens with zero attached hydrogens (tertiary/aromatic N) is 4. The van der Waals surface area contributed by atoms with Crippen LogP contribution in [0, 0.1) is 17.2 Å². The first-order valence-electron chi connectivity index (χ1n) is 10.9. The zero-order valence-corrected chi connectivity index (χ0v) is 18.5. The molecule has 8 nitrogen and oxygen atoms in total. The molecule has 0 saturated carbocycles. The lowest BCUT2D eigenvalue weighted by Gasteiger charge is -2.42. The van der Waals surface area contributed by atoms with Crippen molar-refractivity contribution in [3.63, 3.8) is 0 Å². The Bertz CT molecular complexity index is 1320. The monoisotopic (exact) mass is 444 g/mol. The average Bonchev–Trinajstić information content (AvgIpc) is 3.26. The summed E-state index contributed by atoms with van der Waals surface area (Å²) in [6.45, 7) is 2.09. The second-order valence-corrected chi connectivity index (χ2v) is 8.37. The van der Waals surface area contributed by atoms with Crippen LogP contribution in [0.25, 0.3) is 12.2 Å². The van der Waals surface area contributed by atoms with Crippen LogP contribution in [0.1, 0.15) is 35.2 Å². The highest BCUT2D eigenvalue weighted by molar-refractivity contribution is 5.69. The summed E-state index contributed by atoms with van der Waals surface area (Å²) in [6.07, 6.45) is 4.62. The Balaban J connectivity index is 1.40. The minimum Gasteiger partial charge on any atom is -0.493 e. The van der Waals surface area contributed by atoms with Gasteiger partial charge >= 0.3 is 0 Å². The Morgan fingerprint density at radius 1 is 1.12 bits per heavy atom. The van der Waals surface area contributed by atoms with Gasteiger partial charge in [0.25, 0.3) is 5.56 Å². The molecule has 1 fully saturated rings. The minimum absolute atomic E-state index is 0.0515. The van der Waals surface area contributed by atoms with Gasteiger partial charge in [-0.15, -0.1) is 0 Å². The Labute approximate surface area is 191 Å². The fraction of sp³-hybridized carbons (Fsp3) is 0.320. The molecule has 2 aromatic heterocycles. The second kappa shape index (κ2) is 8.51. The molecule has 0 aliphatic carbocycles. The van der Waals surface area contributed by atoms with Crippen molar-refractivity contribution < 1.29 is 13.9 Å². The van der Waals surface area contributed by atoms with Gasteiger partial charge in [-0.3, -0.25) is 4.79 Å². The van der Waals surface area contributed by atoms with E-state index in [0.717, 1.165) is 24.2 Å². The van der Waals surface area contributed by atoms with E-state index in [-0.39, 0.29) is 17.2 Å². The van der Waals surface area contributed by atoms with Crippen LogP contribution < -0.4 is 19.9 Å². The first-order valence-corrected chi connectivity index (χ1v) is 10.9. The number of fused-ring (bicyclic) bond motifs is 4. The van der Waals surface area contributed by atoms with Gasteiger partial charge in [0, 0.05) is 43.4 Å². The molecule has 2 aliphatic heterocycles. The summed E-state index contributed by atoms with van der Waals surface area (Å²) in [5.74, 6) is 2.67. The van der Waals surface area contributed by atoms with Gasteiger partial charge in [-0.25, -0.2) is 0 Å². The lowest BCUT2D eigenvalue weighted by Crippen LogP contribution is -2.47. The quantitative estimate of drug-likeness (QED) is 0.594. The maximum Gasteiger partial charge on any atom is 0.250 e. The van der Waals surface area contributed by atoms with E-state index in [9.17, 15) is 10.1 Å². The summed E-state index contributed by atoms with van der Waals surface area (Å²) in [6, 6.07) is 13.2. The molecule has 0 N–H and O–H groups in total. The number of oxazole rings is 1. The van der Waals surface area contributed by atoms with Gasteiger partial charge in [-0.2, -0.15) is 10.2 Å². The first kappa shape index (κ1) is 20.9. The van der Waals surface area contributed by atoms with Crippen molar-refractivity contribution in [2.24, 2.45) is 5.92 Å². The standard InChI is InChI=1S/C25H24N4O4/c1-31-21-8-6-16(11-22(21)32-2)7-9-23-27-19(12-26)25(33-23)28-13-17-10-18(15-28)20-4-3-5-24(30)29(20)14-17/h3-9,11,17-18H,10,13-15H2,1-2H3. The largest absolute Gasteiger partial charge is 0.493 e. The molecule has 33 heavy (non-hydrogen) atoms. The molecule has 8 heteroatoms. The fourth-order valence-corrected chi connectivity index (χ4v) is 4.87. The van der Waals surface area contributed by atoms with Crippen LogP contribution in [0.15, 0.2) is 45.6 Å². The highest BCUT2D eigenvalue weighted by Crippen LogP contribution is 2.38. The van der Waals surface area contributed by atoms with Crippen LogP contribution in [0.3, 0.4) is 0 Å². The summed E-state index contributed by atoms with van der Waals surface area (Å²) < 4.78 is 18.5. The van der Waals surface area contributed by atoms with Crippen LogP contribution in [0.2, 0.25) is 0 Å². The summed E-state index contributed by atoms with van der Waals surface area (Å²) in [5.41, 5.74) is 2.26. The predicted molar refractivity (Wildman–Crippen MR) is 123 cm³/mol. The molecule has 0 spiro atoms. The van der Waals surface area contributed by atoms with Crippen LogP contribution in [0.4, 0.5) is 5.88 Å². The van der Waals surface area contributed by atoms with Crippen LogP contribution in [0.5, 0.6) is 11.5 Å². The maximum absolute atomic E-state index is 12.3. The molecule has 0 amide bonds. The Morgan fingerprint density at radius 3 is 2.76 bits per heavy atom. The molecule has 3 aromatic rings. The van der Waals surface area contributed by atoms with E-state index in [1.165, 1.54) is 0 Å². The fourth-order valence-electron chi connectivity index (χ4n) is 4.87. The predicted octanol–water partition coefficient (Wildman–Crippen LogP) is 3.52. The maximum atomic E-state index is 12.3. The summed E-state index contributed by atoms with van der Waals surface area (Å²) >= 11 is 0. The second-order valence-electron chi connectivity index (χ2n) is 8.37. The number of anilines is 1. The van der Waals surface area contributed by atoms with Crippen molar-refractivity contribution in [1.82, 2.24) is 9.55 Å². The highest BCUT2D eigenvalue weighted by atomic mass is 16.5. The van der Waals surface area contributed by atoms with Gasteiger partial charge in [-0.1, -0.05) is 12.1 Å². The molecule has 4 heterocycles. The summed E-state index contributed by atoms with van der Waals surface area (Å²) in [5, 5.41) is 9.67. The number of hydrogen-bond donors (Lipinski definition) is 0. The van der Waals surface area contributed by atoms with Crippen LogP contribution >= 0.6 is 0 Å². The van der Waals surface area contributed by atoms with Crippen LogP contribution in [-0.2, 0) is 6.54 Å². The third-order valence-electron chi connectivity index (χ3n) is 6.32.